The van der Waals surface area contributed by atoms with Crippen molar-refractivity contribution in [3.05, 3.63) is 29.6 Å². The fourth-order valence-corrected chi connectivity index (χ4v) is 2.82. The van der Waals surface area contributed by atoms with Gasteiger partial charge >= 0.3 is 0 Å². The normalized spacial score (nSPS) is 12.5. The molecule has 0 spiro atoms. The molecule has 0 aliphatic heterocycles. The van der Waals surface area contributed by atoms with Crippen LogP contribution in [0.2, 0.25) is 0 Å². The molecule has 0 aromatic heterocycles. The average Bonchev–Trinajstić information content (AvgIpc) is 2.34. The minimum atomic E-state index is -0.212. The van der Waals surface area contributed by atoms with E-state index in [9.17, 15) is 4.39 Å². The molecule has 0 heterocycles. The Morgan fingerprint density at radius 2 is 2.18 bits per heavy atom. The van der Waals surface area contributed by atoms with Crippen LogP contribution in [-0.4, -0.2) is 25.1 Å². The molecule has 1 aromatic carbocycles. The van der Waals surface area contributed by atoms with E-state index in [1.807, 2.05) is 24.9 Å². The number of rotatable bonds is 6. The van der Waals surface area contributed by atoms with Gasteiger partial charge in [-0.05, 0) is 24.8 Å². The van der Waals surface area contributed by atoms with Crippen molar-refractivity contribution in [1.29, 1.82) is 0 Å². The highest BCUT2D eigenvalue weighted by Crippen LogP contribution is 2.25. The maximum Gasteiger partial charge on any atom is 0.129 e. The summed E-state index contributed by atoms with van der Waals surface area (Å²) in [5, 5.41) is 0. The molecule has 4 heteroatoms. The highest BCUT2D eigenvalue weighted by atomic mass is 32.2. The molecular weight excluding hydrogens is 235 g/mol. The summed E-state index contributed by atoms with van der Waals surface area (Å²) < 4.78 is 13.7. The fourth-order valence-electron chi connectivity index (χ4n) is 1.97. The number of nitrogens with zero attached hydrogens (tertiary/aromatic N) is 1. The maximum absolute atomic E-state index is 13.7. The summed E-state index contributed by atoms with van der Waals surface area (Å²) >= 11 is 1.81. The summed E-state index contributed by atoms with van der Waals surface area (Å²) in [6.45, 7) is 2.39. The van der Waals surface area contributed by atoms with Crippen molar-refractivity contribution < 1.29 is 4.39 Å². The van der Waals surface area contributed by atoms with Crippen molar-refractivity contribution in [2.45, 2.75) is 25.9 Å². The summed E-state index contributed by atoms with van der Waals surface area (Å²) in [4.78, 5) is 2.14. The van der Waals surface area contributed by atoms with Crippen LogP contribution in [-0.2, 0) is 6.54 Å². The molecule has 0 fully saturated rings. The van der Waals surface area contributed by atoms with Crippen molar-refractivity contribution in [1.82, 2.24) is 0 Å². The molecule has 2 N–H and O–H groups in total. The Morgan fingerprint density at radius 1 is 1.47 bits per heavy atom. The summed E-state index contributed by atoms with van der Waals surface area (Å²) in [6.07, 6.45) is 3.13. The molecule has 1 atom stereocenters. The van der Waals surface area contributed by atoms with E-state index in [2.05, 4.69) is 18.1 Å². The van der Waals surface area contributed by atoms with E-state index in [4.69, 9.17) is 5.73 Å². The first-order valence-electron chi connectivity index (χ1n) is 5.84. The topological polar surface area (TPSA) is 29.3 Å². The van der Waals surface area contributed by atoms with Crippen LogP contribution in [0, 0.1) is 5.82 Å². The molecule has 0 radical (unpaired) electrons. The van der Waals surface area contributed by atoms with Crippen molar-refractivity contribution >= 4 is 17.4 Å². The molecule has 0 aliphatic rings. The van der Waals surface area contributed by atoms with Crippen LogP contribution >= 0.6 is 11.8 Å². The van der Waals surface area contributed by atoms with Gasteiger partial charge in [0.2, 0.25) is 0 Å². The van der Waals surface area contributed by atoms with Crippen LogP contribution in [0.3, 0.4) is 0 Å². The van der Waals surface area contributed by atoms with E-state index in [-0.39, 0.29) is 12.4 Å². The molecule has 1 unspecified atom stereocenters. The van der Waals surface area contributed by atoms with Crippen LogP contribution in [0.5, 0.6) is 0 Å². The third kappa shape index (κ3) is 3.36. The fraction of sp³-hybridized carbons (Fsp3) is 0.538. The molecule has 1 rings (SSSR count). The Bertz CT molecular complexity index is 357. The van der Waals surface area contributed by atoms with Crippen LogP contribution in [0.25, 0.3) is 0 Å². The second-order valence-corrected chi connectivity index (χ2v) is 4.98. The molecule has 96 valence electrons. The highest BCUT2D eigenvalue weighted by molar-refractivity contribution is 7.98. The predicted molar refractivity (Wildman–Crippen MR) is 75.2 cm³/mol. The van der Waals surface area contributed by atoms with Gasteiger partial charge in [0.15, 0.2) is 0 Å². The average molecular weight is 256 g/mol. The molecular formula is C13H21FN2S. The summed E-state index contributed by atoms with van der Waals surface area (Å²) in [5.41, 5.74) is 7.15. The van der Waals surface area contributed by atoms with Crippen molar-refractivity contribution in [3.8, 4) is 0 Å². The molecule has 17 heavy (non-hydrogen) atoms. The molecule has 0 aliphatic carbocycles. The van der Waals surface area contributed by atoms with Gasteiger partial charge < -0.3 is 10.6 Å². The van der Waals surface area contributed by atoms with E-state index in [1.54, 1.807) is 6.07 Å². The Labute approximate surface area is 107 Å². The zero-order chi connectivity index (χ0) is 12.8. The van der Waals surface area contributed by atoms with Crippen molar-refractivity contribution in [2.75, 3.05) is 24.0 Å². The monoisotopic (exact) mass is 256 g/mol. The minimum Gasteiger partial charge on any atom is -0.370 e. The minimum absolute atomic E-state index is 0.212. The summed E-state index contributed by atoms with van der Waals surface area (Å²) in [5.74, 6) is 0.823. The number of nitrogens with two attached hydrogens (primary N) is 1. The van der Waals surface area contributed by atoms with Gasteiger partial charge in [0.05, 0.1) is 0 Å². The van der Waals surface area contributed by atoms with Crippen molar-refractivity contribution in [2.24, 2.45) is 5.73 Å². The first-order valence-corrected chi connectivity index (χ1v) is 7.24. The Morgan fingerprint density at radius 3 is 2.71 bits per heavy atom. The third-order valence-corrected chi connectivity index (χ3v) is 3.77. The number of thioether (sulfide) groups is 1. The van der Waals surface area contributed by atoms with Gasteiger partial charge in [-0.15, -0.1) is 0 Å². The quantitative estimate of drug-likeness (QED) is 0.848. The molecule has 1 aromatic rings. The van der Waals surface area contributed by atoms with Crippen molar-refractivity contribution in [3.63, 3.8) is 0 Å². The third-order valence-electron chi connectivity index (χ3n) is 3.06. The van der Waals surface area contributed by atoms with Gasteiger partial charge in [0.1, 0.15) is 5.82 Å². The SMILES string of the molecule is CCC(CSC)N(C)c1cccc(F)c1CN. The van der Waals surface area contributed by atoms with E-state index in [0.717, 1.165) is 17.9 Å². The summed E-state index contributed by atoms with van der Waals surface area (Å²) in [7, 11) is 2.01. The van der Waals surface area contributed by atoms with Gasteiger partial charge in [0.25, 0.3) is 0 Å². The smallest absolute Gasteiger partial charge is 0.129 e. The maximum atomic E-state index is 13.7. The van der Waals surface area contributed by atoms with Gasteiger partial charge in [-0.25, -0.2) is 4.39 Å². The predicted octanol–water partition coefficient (Wildman–Crippen LogP) is 2.86. The van der Waals surface area contributed by atoms with Crippen LogP contribution in [0.15, 0.2) is 18.2 Å². The summed E-state index contributed by atoms with van der Waals surface area (Å²) in [6, 6.07) is 5.56. The first kappa shape index (κ1) is 14.3. The van der Waals surface area contributed by atoms with Crippen LogP contribution in [0.4, 0.5) is 10.1 Å². The van der Waals surface area contributed by atoms with E-state index >= 15 is 0 Å². The molecule has 0 amide bonds. The van der Waals surface area contributed by atoms with Gasteiger partial charge in [-0.1, -0.05) is 13.0 Å². The van der Waals surface area contributed by atoms with Gasteiger partial charge in [-0.2, -0.15) is 11.8 Å². The van der Waals surface area contributed by atoms with E-state index in [1.165, 1.54) is 6.07 Å². The lowest BCUT2D eigenvalue weighted by Gasteiger charge is -2.30. The first-order chi connectivity index (χ1) is 8.15. The second-order valence-electron chi connectivity index (χ2n) is 4.07. The largest absolute Gasteiger partial charge is 0.370 e. The molecule has 2 nitrogen and oxygen atoms in total. The van der Waals surface area contributed by atoms with Gasteiger partial charge in [0, 0.05) is 36.6 Å². The second kappa shape index (κ2) is 6.87. The molecule has 0 saturated heterocycles. The Balaban J connectivity index is 3.01. The number of hydrogen-bond acceptors (Lipinski definition) is 3. The van der Waals surface area contributed by atoms with E-state index < -0.39 is 0 Å². The highest BCUT2D eigenvalue weighted by Gasteiger charge is 2.17. The zero-order valence-corrected chi connectivity index (χ0v) is 11.6. The molecule has 0 saturated carbocycles. The lowest BCUT2D eigenvalue weighted by atomic mass is 10.1. The van der Waals surface area contributed by atoms with Crippen LogP contribution < -0.4 is 10.6 Å². The molecule has 0 bridgehead atoms. The zero-order valence-electron chi connectivity index (χ0n) is 10.7. The lowest BCUT2D eigenvalue weighted by molar-refractivity contribution is 0.604. The number of hydrogen-bond donors (Lipinski definition) is 1. The Kier molecular flexibility index (Phi) is 5.78. The lowest BCUT2D eigenvalue weighted by Crippen LogP contribution is -2.34. The number of benzene rings is 1. The van der Waals surface area contributed by atoms with Gasteiger partial charge in [-0.3, -0.25) is 0 Å². The Hall–Kier alpha value is -0.740. The number of halogens is 1. The van der Waals surface area contributed by atoms with E-state index in [0.29, 0.717) is 11.6 Å². The number of anilines is 1. The standard InChI is InChI=1S/C13H21FN2S/c1-4-10(9-17-3)16(2)13-7-5-6-12(14)11(13)8-15/h5-7,10H,4,8-9,15H2,1-3H3. The van der Waals surface area contributed by atoms with Crippen LogP contribution in [0.1, 0.15) is 18.9 Å².